The molecular weight excluding hydrogens is 280 g/mol. The van der Waals surface area contributed by atoms with Crippen molar-refractivity contribution in [3.63, 3.8) is 0 Å². The first-order valence-corrected chi connectivity index (χ1v) is 8.07. The van der Waals surface area contributed by atoms with Gasteiger partial charge in [-0.25, -0.2) is 12.7 Å². The average Bonchev–Trinajstić information content (AvgIpc) is 2.77. The Kier molecular flexibility index (Phi) is 5.76. The zero-order valence-corrected chi connectivity index (χ0v) is 13.3. The number of furan rings is 1. The molecule has 0 aliphatic rings. The van der Waals surface area contributed by atoms with Gasteiger partial charge in [-0.15, -0.1) is 0 Å². The molecule has 2 N–H and O–H groups in total. The molecule has 0 aliphatic carbocycles. The second kappa shape index (κ2) is 6.71. The molecule has 0 saturated heterocycles. The van der Waals surface area contributed by atoms with E-state index in [1.807, 2.05) is 6.92 Å². The molecular formula is C13H24N2O4S. The molecule has 0 bridgehead atoms. The van der Waals surface area contributed by atoms with Gasteiger partial charge < -0.3 is 14.8 Å². The predicted molar refractivity (Wildman–Crippen MR) is 76.8 cm³/mol. The molecule has 0 fully saturated rings. The molecule has 0 aliphatic heterocycles. The maximum atomic E-state index is 11.8. The van der Waals surface area contributed by atoms with E-state index < -0.39 is 15.6 Å². The minimum absolute atomic E-state index is 0.0698. The van der Waals surface area contributed by atoms with Crippen LogP contribution in [0.15, 0.2) is 21.6 Å². The predicted octanol–water partition coefficient (Wildman–Crippen LogP) is 1.17. The Bertz CT molecular complexity index is 520. The van der Waals surface area contributed by atoms with Crippen LogP contribution in [-0.4, -0.2) is 44.1 Å². The van der Waals surface area contributed by atoms with Crippen molar-refractivity contribution in [3.05, 3.63) is 17.9 Å². The van der Waals surface area contributed by atoms with E-state index in [0.29, 0.717) is 25.3 Å². The van der Waals surface area contributed by atoms with Gasteiger partial charge in [-0.05, 0) is 25.5 Å². The van der Waals surface area contributed by atoms with Crippen LogP contribution in [0.3, 0.4) is 0 Å². The van der Waals surface area contributed by atoms with Crippen molar-refractivity contribution < 1.29 is 17.9 Å². The van der Waals surface area contributed by atoms with Gasteiger partial charge in [-0.2, -0.15) is 0 Å². The Morgan fingerprint density at radius 2 is 2.05 bits per heavy atom. The second-order valence-electron chi connectivity index (χ2n) is 5.36. The maximum absolute atomic E-state index is 11.8. The quantitative estimate of drug-likeness (QED) is 0.753. The van der Waals surface area contributed by atoms with Crippen LogP contribution in [-0.2, 0) is 16.6 Å². The fourth-order valence-corrected chi connectivity index (χ4v) is 2.67. The number of hydrogen-bond donors (Lipinski definition) is 2. The molecule has 0 amide bonds. The van der Waals surface area contributed by atoms with E-state index in [0.717, 1.165) is 10.7 Å². The molecule has 1 atom stereocenters. The zero-order valence-electron chi connectivity index (χ0n) is 12.5. The Hall–Kier alpha value is -0.890. The van der Waals surface area contributed by atoms with Crippen LogP contribution in [0.4, 0.5) is 0 Å². The Morgan fingerprint density at radius 3 is 2.60 bits per heavy atom. The van der Waals surface area contributed by atoms with Crippen LogP contribution in [0.1, 0.15) is 32.4 Å². The summed E-state index contributed by atoms with van der Waals surface area (Å²) in [7, 11) is -0.616. The smallest absolute Gasteiger partial charge is 0.275 e. The summed E-state index contributed by atoms with van der Waals surface area (Å²) in [6.45, 7) is 4.59. The van der Waals surface area contributed by atoms with E-state index in [1.165, 1.54) is 20.2 Å². The van der Waals surface area contributed by atoms with Gasteiger partial charge in [-0.1, -0.05) is 13.3 Å². The Labute approximate surface area is 120 Å². The minimum Gasteiger partial charge on any atom is -0.447 e. The number of rotatable bonds is 8. The SMILES string of the molecule is CCCC(C)(O)CNCc1ccc(S(=O)(=O)N(C)C)o1. The molecule has 1 unspecified atom stereocenters. The van der Waals surface area contributed by atoms with Crippen LogP contribution in [0.2, 0.25) is 0 Å². The summed E-state index contributed by atoms with van der Waals surface area (Å²) in [4.78, 5) is 0. The molecule has 0 aromatic carbocycles. The third-order valence-corrected chi connectivity index (χ3v) is 4.65. The number of hydrogen-bond acceptors (Lipinski definition) is 5. The molecule has 6 nitrogen and oxygen atoms in total. The first-order valence-electron chi connectivity index (χ1n) is 6.63. The van der Waals surface area contributed by atoms with Crippen molar-refractivity contribution in [2.24, 2.45) is 0 Å². The molecule has 1 heterocycles. The van der Waals surface area contributed by atoms with E-state index in [9.17, 15) is 13.5 Å². The van der Waals surface area contributed by atoms with E-state index >= 15 is 0 Å². The first kappa shape index (κ1) is 17.2. The largest absolute Gasteiger partial charge is 0.447 e. The third-order valence-electron chi connectivity index (χ3n) is 2.97. The number of nitrogens with zero attached hydrogens (tertiary/aromatic N) is 1. The van der Waals surface area contributed by atoms with E-state index in [2.05, 4.69) is 5.32 Å². The van der Waals surface area contributed by atoms with Crippen molar-refractivity contribution >= 4 is 10.0 Å². The van der Waals surface area contributed by atoms with Crippen molar-refractivity contribution in [2.45, 2.75) is 43.9 Å². The van der Waals surface area contributed by atoms with Crippen LogP contribution < -0.4 is 5.32 Å². The monoisotopic (exact) mass is 304 g/mol. The van der Waals surface area contributed by atoms with Crippen molar-refractivity contribution in [2.75, 3.05) is 20.6 Å². The summed E-state index contributed by atoms with van der Waals surface area (Å²) in [5, 5.41) is 13.0. The van der Waals surface area contributed by atoms with Gasteiger partial charge in [0.15, 0.2) is 0 Å². The highest BCUT2D eigenvalue weighted by Gasteiger charge is 2.22. The van der Waals surface area contributed by atoms with Gasteiger partial charge >= 0.3 is 0 Å². The van der Waals surface area contributed by atoms with E-state index in [-0.39, 0.29) is 5.09 Å². The van der Waals surface area contributed by atoms with Gasteiger partial charge in [0, 0.05) is 20.6 Å². The van der Waals surface area contributed by atoms with Crippen molar-refractivity contribution in [1.29, 1.82) is 0 Å². The van der Waals surface area contributed by atoms with Gasteiger partial charge in [-0.3, -0.25) is 0 Å². The molecule has 1 aromatic heterocycles. The first-order chi connectivity index (χ1) is 9.19. The standard InChI is InChI=1S/C13H24N2O4S/c1-5-8-13(2,16)10-14-9-11-6-7-12(19-11)20(17,18)15(3)4/h6-7,14,16H,5,8-10H2,1-4H3. The molecule has 1 rings (SSSR count). The number of nitrogens with one attached hydrogen (secondary N) is 1. The lowest BCUT2D eigenvalue weighted by Gasteiger charge is -2.22. The fourth-order valence-electron chi connectivity index (χ4n) is 1.85. The maximum Gasteiger partial charge on any atom is 0.275 e. The highest BCUT2D eigenvalue weighted by molar-refractivity contribution is 7.88. The zero-order chi connectivity index (χ0) is 15.4. The summed E-state index contributed by atoms with van der Waals surface area (Å²) in [5.74, 6) is 0.526. The van der Waals surface area contributed by atoms with Crippen LogP contribution in [0, 0.1) is 0 Å². The molecule has 20 heavy (non-hydrogen) atoms. The highest BCUT2D eigenvalue weighted by Crippen LogP contribution is 2.17. The van der Waals surface area contributed by atoms with Crippen LogP contribution in [0.25, 0.3) is 0 Å². The van der Waals surface area contributed by atoms with Gasteiger partial charge in [0.2, 0.25) is 5.09 Å². The molecule has 0 spiro atoms. The van der Waals surface area contributed by atoms with Gasteiger partial charge in [0.1, 0.15) is 5.76 Å². The van der Waals surface area contributed by atoms with E-state index in [1.54, 1.807) is 13.0 Å². The lowest BCUT2D eigenvalue weighted by Crippen LogP contribution is -2.37. The fraction of sp³-hybridized carbons (Fsp3) is 0.692. The third kappa shape index (κ3) is 4.59. The second-order valence-corrected chi connectivity index (χ2v) is 7.44. The summed E-state index contributed by atoms with van der Waals surface area (Å²) in [5.41, 5.74) is -0.764. The van der Waals surface area contributed by atoms with E-state index in [4.69, 9.17) is 4.42 Å². The molecule has 1 aromatic rings. The lowest BCUT2D eigenvalue weighted by molar-refractivity contribution is 0.0493. The lowest BCUT2D eigenvalue weighted by atomic mass is 10.0. The number of sulfonamides is 1. The van der Waals surface area contributed by atoms with Crippen LogP contribution in [0.5, 0.6) is 0 Å². The molecule has 7 heteroatoms. The molecule has 0 radical (unpaired) electrons. The normalized spacial score (nSPS) is 15.5. The summed E-state index contributed by atoms with van der Waals surface area (Å²) in [6.07, 6.45) is 1.61. The molecule has 116 valence electrons. The summed E-state index contributed by atoms with van der Waals surface area (Å²) >= 11 is 0. The minimum atomic E-state index is -3.53. The van der Waals surface area contributed by atoms with Crippen molar-refractivity contribution in [1.82, 2.24) is 9.62 Å². The average molecular weight is 304 g/mol. The Balaban J connectivity index is 2.58. The topological polar surface area (TPSA) is 82.8 Å². The highest BCUT2D eigenvalue weighted by atomic mass is 32.2. The Morgan fingerprint density at radius 1 is 1.40 bits per heavy atom. The van der Waals surface area contributed by atoms with Crippen molar-refractivity contribution in [3.8, 4) is 0 Å². The van der Waals surface area contributed by atoms with Gasteiger partial charge in [0.05, 0.1) is 12.1 Å². The van der Waals surface area contributed by atoms with Gasteiger partial charge in [0.25, 0.3) is 10.0 Å². The van der Waals surface area contributed by atoms with Crippen LogP contribution >= 0.6 is 0 Å². The number of aliphatic hydroxyl groups is 1. The molecule has 0 saturated carbocycles. The summed E-state index contributed by atoms with van der Waals surface area (Å²) in [6, 6.07) is 3.06. The summed E-state index contributed by atoms with van der Waals surface area (Å²) < 4.78 is 30.1.